The van der Waals surface area contributed by atoms with Gasteiger partial charge < -0.3 is 10.1 Å². The molecule has 0 saturated carbocycles. The number of amides is 1. The maximum absolute atomic E-state index is 13.0. The minimum atomic E-state index is -4.87. The third-order valence-electron chi connectivity index (χ3n) is 3.72. The van der Waals surface area contributed by atoms with Crippen LogP contribution in [0.15, 0.2) is 38.9 Å². The number of nitrogens with zero attached hydrogens (tertiary/aromatic N) is 2. The van der Waals surface area contributed by atoms with Gasteiger partial charge in [0.2, 0.25) is 0 Å². The van der Waals surface area contributed by atoms with E-state index < -0.39 is 29.0 Å². The summed E-state index contributed by atoms with van der Waals surface area (Å²) in [6.07, 6.45) is -3.69. The summed E-state index contributed by atoms with van der Waals surface area (Å²) in [4.78, 5) is 36.4. The van der Waals surface area contributed by atoms with E-state index in [0.717, 1.165) is 7.05 Å². The van der Waals surface area contributed by atoms with Crippen molar-refractivity contribution in [3.05, 3.63) is 66.4 Å². The number of halogens is 5. The SMILES string of the molecule is COCNC(=O)C(Cl)=Cc1cc(-n2c(=O)cc(C(F)(F)F)n(C)c2=O)ccc1Cl. The van der Waals surface area contributed by atoms with Crippen LogP contribution in [0.3, 0.4) is 0 Å². The van der Waals surface area contributed by atoms with Crippen LogP contribution < -0.4 is 16.6 Å². The first-order valence-electron chi connectivity index (χ1n) is 7.82. The monoisotopic (exact) mass is 451 g/mol. The Hall–Kier alpha value is -2.56. The third-order valence-corrected chi connectivity index (χ3v) is 4.35. The number of alkyl halides is 3. The number of carbonyl (C=O) groups is 1. The quantitative estimate of drug-likeness (QED) is 0.559. The second-order valence-electron chi connectivity index (χ2n) is 5.68. The molecule has 156 valence electrons. The van der Waals surface area contributed by atoms with Gasteiger partial charge >= 0.3 is 11.9 Å². The average Bonchev–Trinajstić information content (AvgIpc) is 2.64. The molecule has 1 amide bonds. The summed E-state index contributed by atoms with van der Waals surface area (Å²) in [6.45, 7) is -0.0896. The van der Waals surface area contributed by atoms with Gasteiger partial charge in [0.15, 0.2) is 0 Å². The first kappa shape index (κ1) is 22.7. The summed E-state index contributed by atoms with van der Waals surface area (Å²) in [5.41, 5.74) is -3.65. The molecule has 0 aliphatic heterocycles. The van der Waals surface area contributed by atoms with Crippen molar-refractivity contribution in [1.82, 2.24) is 14.5 Å². The minimum absolute atomic E-state index is 0.0539. The Kier molecular flexibility index (Phi) is 6.93. The molecule has 0 aliphatic carbocycles. The summed E-state index contributed by atoms with van der Waals surface area (Å²) in [6, 6.07) is 4.14. The molecular formula is C17H14Cl2F3N3O4. The number of hydrogen-bond donors (Lipinski definition) is 1. The van der Waals surface area contributed by atoms with Gasteiger partial charge in [-0.1, -0.05) is 23.2 Å². The number of methoxy groups -OCH3 is 1. The van der Waals surface area contributed by atoms with Gasteiger partial charge in [-0.2, -0.15) is 13.2 Å². The first-order valence-corrected chi connectivity index (χ1v) is 8.57. The molecule has 1 aromatic carbocycles. The van der Waals surface area contributed by atoms with E-state index in [4.69, 9.17) is 23.2 Å². The van der Waals surface area contributed by atoms with Crippen molar-refractivity contribution in [1.29, 1.82) is 0 Å². The predicted molar refractivity (Wildman–Crippen MR) is 101 cm³/mol. The largest absolute Gasteiger partial charge is 0.431 e. The maximum Gasteiger partial charge on any atom is 0.431 e. The lowest BCUT2D eigenvalue weighted by Crippen LogP contribution is -2.40. The third kappa shape index (κ3) is 5.08. The Morgan fingerprint density at radius 1 is 1.28 bits per heavy atom. The second-order valence-corrected chi connectivity index (χ2v) is 6.49. The Bertz CT molecular complexity index is 1090. The van der Waals surface area contributed by atoms with E-state index in [-0.39, 0.29) is 28.0 Å². The van der Waals surface area contributed by atoms with Crippen molar-refractivity contribution < 1.29 is 22.7 Å². The zero-order chi connectivity index (χ0) is 21.9. The summed E-state index contributed by atoms with van der Waals surface area (Å²) in [5.74, 6) is -0.669. The molecule has 0 radical (unpaired) electrons. The summed E-state index contributed by atoms with van der Waals surface area (Å²) in [7, 11) is 2.26. The number of aromatic nitrogens is 2. The average molecular weight is 452 g/mol. The second kappa shape index (κ2) is 8.85. The number of carbonyl (C=O) groups excluding carboxylic acids is 1. The zero-order valence-corrected chi connectivity index (χ0v) is 16.5. The fourth-order valence-electron chi connectivity index (χ4n) is 2.34. The molecule has 0 fully saturated rings. The molecule has 7 nitrogen and oxygen atoms in total. The van der Waals surface area contributed by atoms with E-state index in [1.807, 2.05) is 0 Å². The van der Waals surface area contributed by atoms with Gasteiger partial charge in [-0.25, -0.2) is 9.36 Å². The number of hydrogen-bond acceptors (Lipinski definition) is 4. The lowest BCUT2D eigenvalue weighted by atomic mass is 10.1. The van der Waals surface area contributed by atoms with Crippen molar-refractivity contribution in [2.75, 3.05) is 13.8 Å². The first-order chi connectivity index (χ1) is 13.5. The molecule has 0 aliphatic rings. The molecule has 2 rings (SSSR count). The topological polar surface area (TPSA) is 82.3 Å². The van der Waals surface area contributed by atoms with Gasteiger partial charge in [0.25, 0.3) is 11.5 Å². The molecule has 1 N–H and O–H groups in total. The van der Waals surface area contributed by atoms with Crippen molar-refractivity contribution in [3.8, 4) is 5.69 Å². The van der Waals surface area contributed by atoms with Gasteiger partial charge in [0.1, 0.15) is 17.5 Å². The van der Waals surface area contributed by atoms with Crippen LogP contribution in [0.4, 0.5) is 13.2 Å². The predicted octanol–water partition coefficient (Wildman–Crippen LogP) is 2.51. The molecule has 0 unspecified atom stereocenters. The molecular weight excluding hydrogens is 438 g/mol. The zero-order valence-electron chi connectivity index (χ0n) is 15.0. The molecule has 29 heavy (non-hydrogen) atoms. The number of ether oxygens (including phenoxy) is 1. The van der Waals surface area contributed by atoms with Gasteiger partial charge in [-0.15, -0.1) is 0 Å². The van der Waals surface area contributed by atoms with E-state index in [9.17, 15) is 27.6 Å². The number of benzene rings is 1. The van der Waals surface area contributed by atoms with Crippen LogP contribution in [0.5, 0.6) is 0 Å². The van der Waals surface area contributed by atoms with Crippen molar-refractivity contribution >= 4 is 35.2 Å². The van der Waals surface area contributed by atoms with E-state index in [2.05, 4.69) is 10.1 Å². The van der Waals surface area contributed by atoms with Crippen LogP contribution in [-0.4, -0.2) is 28.9 Å². The highest BCUT2D eigenvalue weighted by Crippen LogP contribution is 2.27. The summed E-state index contributed by atoms with van der Waals surface area (Å²) in [5, 5.41) is 2.20. The van der Waals surface area contributed by atoms with Crippen LogP contribution in [-0.2, 0) is 22.8 Å². The molecule has 2 aromatic rings. The van der Waals surface area contributed by atoms with E-state index >= 15 is 0 Å². The fourth-order valence-corrected chi connectivity index (χ4v) is 2.70. The molecule has 0 atom stereocenters. The van der Waals surface area contributed by atoms with Crippen LogP contribution >= 0.6 is 23.2 Å². The molecule has 1 aromatic heterocycles. The van der Waals surface area contributed by atoms with Gasteiger partial charge in [-0.05, 0) is 29.8 Å². The number of nitrogens with one attached hydrogen (secondary N) is 1. The lowest BCUT2D eigenvalue weighted by molar-refractivity contribution is -0.144. The molecule has 0 spiro atoms. The van der Waals surface area contributed by atoms with Crippen LogP contribution in [0.2, 0.25) is 5.02 Å². The molecule has 12 heteroatoms. The van der Waals surface area contributed by atoms with Crippen LogP contribution in [0.1, 0.15) is 11.3 Å². The van der Waals surface area contributed by atoms with E-state index in [1.165, 1.54) is 31.4 Å². The standard InChI is InChI=1S/C17H14Cl2F3N3O4/c1-24-13(17(20,21)22)7-14(26)25(16(24)28)10-3-4-11(18)9(5-10)6-12(19)15(27)23-8-29-2/h3-7H,8H2,1-2H3,(H,23,27). The minimum Gasteiger partial charge on any atom is -0.364 e. The van der Waals surface area contributed by atoms with Crippen molar-refractivity contribution in [2.24, 2.45) is 7.05 Å². The Labute approximate surface area is 171 Å². The van der Waals surface area contributed by atoms with Crippen molar-refractivity contribution in [3.63, 3.8) is 0 Å². The normalized spacial score (nSPS) is 12.2. The van der Waals surface area contributed by atoms with Crippen LogP contribution in [0.25, 0.3) is 11.8 Å². The van der Waals surface area contributed by atoms with E-state index in [0.29, 0.717) is 15.2 Å². The van der Waals surface area contributed by atoms with Crippen LogP contribution in [0, 0.1) is 0 Å². The fraction of sp³-hybridized carbons (Fsp3) is 0.235. The highest BCUT2D eigenvalue weighted by molar-refractivity contribution is 6.44. The highest BCUT2D eigenvalue weighted by atomic mass is 35.5. The van der Waals surface area contributed by atoms with E-state index in [1.54, 1.807) is 0 Å². The highest BCUT2D eigenvalue weighted by Gasteiger charge is 2.35. The molecule has 0 bridgehead atoms. The summed E-state index contributed by atoms with van der Waals surface area (Å²) < 4.78 is 44.5. The molecule has 1 heterocycles. The Morgan fingerprint density at radius 3 is 2.52 bits per heavy atom. The Balaban J connectivity index is 2.58. The van der Waals surface area contributed by atoms with Gasteiger partial charge in [0, 0.05) is 25.2 Å². The van der Waals surface area contributed by atoms with Gasteiger partial charge in [-0.3, -0.25) is 14.2 Å². The maximum atomic E-state index is 13.0. The van der Waals surface area contributed by atoms with Gasteiger partial charge in [0.05, 0.1) is 5.69 Å². The van der Waals surface area contributed by atoms with Crippen molar-refractivity contribution in [2.45, 2.75) is 6.18 Å². The summed E-state index contributed by atoms with van der Waals surface area (Å²) >= 11 is 12.0. The molecule has 0 saturated heterocycles. The lowest BCUT2D eigenvalue weighted by Gasteiger charge is -2.14. The smallest absolute Gasteiger partial charge is 0.364 e. The Morgan fingerprint density at radius 2 is 1.93 bits per heavy atom. The number of rotatable bonds is 5.